The number of methoxy groups -OCH3 is 2. The molecule has 0 aliphatic heterocycles. The van der Waals surface area contributed by atoms with Crippen molar-refractivity contribution in [2.45, 2.75) is 66.6 Å². The van der Waals surface area contributed by atoms with Gasteiger partial charge in [0, 0.05) is 18.0 Å². The third-order valence-electron chi connectivity index (χ3n) is 10.5. The molecule has 6 rings (SSSR count). The molecule has 4 aromatic rings. The number of allylic oxidation sites excluding steroid dienone is 5. The minimum absolute atomic E-state index is 0.181. The second kappa shape index (κ2) is 26.7. The number of phenols is 1. The molecule has 0 bridgehead atoms. The average molecular weight is 908 g/mol. The number of hydrogen-bond donors (Lipinski definition) is 1. The van der Waals surface area contributed by atoms with Crippen LogP contribution in [0.3, 0.4) is 0 Å². The minimum atomic E-state index is -0.525. The molecular formula is C52H59ClN2O10. The van der Waals surface area contributed by atoms with Crippen LogP contribution in [0.4, 0.5) is 0 Å². The molecule has 0 unspecified atom stereocenters. The molecule has 0 saturated heterocycles. The van der Waals surface area contributed by atoms with Gasteiger partial charge < -0.3 is 38.5 Å². The molecule has 0 atom stereocenters. The smallest absolute Gasteiger partial charge is 0.360 e. The van der Waals surface area contributed by atoms with E-state index in [1.54, 1.807) is 18.2 Å². The summed E-state index contributed by atoms with van der Waals surface area (Å²) in [5.41, 5.74) is 11.2. The highest BCUT2D eigenvalue weighted by Crippen LogP contribution is 2.33. The van der Waals surface area contributed by atoms with Gasteiger partial charge in [-0.15, -0.1) is 11.6 Å². The van der Waals surface area contributed by atoms with Crippen LogP contribution in [-0.4, -0.2) is 69.4 Å². The van der Waals surface area contributed by atoms with Gasteiger partial charge in [0.05, 0.1) is 14.2 Å². The van der Waals surface area contributed by atoms with Crippen LogP contribution in [0.5, 0.6) is 23.0 Å². The highest BCUT2D eigenvalue weighted by molar-refractivity contribution is 6.44. The number of esters is 2. The third kappa shape index (κ3) is 16.1. The van der Waals surface area contributed by atoms with Crippen LogP contribution in [0.25, 0.3) is 0 Å². The summed E-state index contributed by atoms with van der Waals surface area (Å²) in [5.74, 6) is 1.67. The maximum atomic E-state index is 12.3. The number of phenolic OH excluding ortho intramolecular Hbond substituents is 1. The largest absolute Gasteiger partial charge is 0.508 e. The Morgan fingerprint density at radius 2 is 0.923 bits per heavy atom. The monoisotopic (exact) mass is 906 g/mol. The van der Waals surface area contributed by atoms with Crippen molar-refractivity contribution in [3.63, 3.8) is 0 Å². The van der Waals surface area contributed by atoms with Gasteiger partial charge >= 0.3 is 11.9 Å². The minimum Gasteiger partial charge on any atom is -0.508 e. The second-order valence-electron chi connectivity index (χ2n) is 15.2. The molecule has 0 radical (unpaired) electrons. The summed E-state index contributed by atoms with van der Waals surface area (Å²) >= 11 is 5.95. The van der Waals surface area contributed by atoms with Gasteiger partial charge in [-0.2, -0.15) is 0 Å². The quantitative estimate of drug-likeness (QED) is 0.0379. The fraction of sp³-hybridized carbons (Fsp3) is 0.308. The molecule has 0 saturated carbocycles. The van der Waals surface area contributed by atoms with Gasteiger partial charge in [-0.1, -0.05) is 105 Å². The number of halogens is 1. The number of benzene rings is 4. The number of nitrogens with zero attached hydrogens (tertiary/aromatic N) is 2. The van der Waals surface area contributed by atoms with Crippen molar-refractivity contribution < 1.29 is 48.1 Å². The molecule has 0 aromatic heterocycles. The van der Waals surface area contributed by atoms with Gasteiger partial charge in [0.25, 0.3) is 0 Å². The molecule has 1 N–H and O–H groups in total. The number of carbonyl (C=O) groups excluding carboxylic acids is 2. The van der Waals surface area contributed by atoms with E-state index in [0.29, 0.717) is 56.5 Å². The van der Waals surface area contributed by atoms with Crippen molar-refractivity contribution >= 4 is 35.0 Å². The Bertz CT molecular complexity index is 2400. The van der Waals surface area contributed by atoms with E-state index in [1.165, 1.54) is 50.7 Å². The first-order valence-electron chi connectivity index (χ1n) is 20.9. The van der Waals surface area contributed by atoms with E-state index in [0.717, 1.165) is 45.6 Å². The predicted molar refractivity (Wildman–Crippen MR) is 254 cm³/mol. The third-order valence-corrected chi connectivity index (χ3v) is 10.9. The highest BCUT2D eigenvalue weighted by atomic mass is 35.5. The summed E-state index contributed by atoms with van der Waals surface area (Å²) in [7, 11) is 5.48. The van der Waals surface area contributed by atoms with Gasteiger partial charge in [0.15, 0.2) is 11.4 Å². The molecule has 0 fully saturated rings. The predicted octanol–water partition coefficient (Wildman–Crippen LogP) is 11.0. The molecule has 0 spiro atoms. The van der Waals surface area contributed by atoms with E-state index in [-0.39, 0.29) is 17.2 Å². The van der Waals surface area contributed by atoms with E-state index in [2.05, 4.69) is 31.1 Å². The number of carbonyl (C=O) groups is 2. The van der Waals surface area contributed by atoms with Crippen LogP contribution in [0.1, 0.15) is 64.5 Å². The van der Waals surface area contributed by atoms with Crippen molar-refractivity contribution in [3.8, 4) is 23.0 Å². The summed E-state index contributed by atoms with van der Waals surface area (Å²) < 4.78 is 27.1. The zero-order valence-corrected chi connectivity index (χ0v) is 39.2. The van der Waals surface area contributed by atoms with Crippen LogP contribution in [-0.2, 0) is 42.0 Å². The summed E-state index contributed by atoms with van der Waals surface area (Å²) in [6.45, 7) is 9.59. The summed E-state index contributed by atoms with van der Waals surface area (Å²) in [6.07, 6.45) is 2.72. The molecule has 0 amide bonds. The Labute approximate surface area is 387 Å². The maximum Gasteiger partial charge on any atom is 0.360 e. The Morgan fingerprint density at radius 3 is 1.35 bits per heavy atom. The van der Waals surface area contributed by atoms with Gasteiger partial charge in [0.1, 0.15) is 57.0 Å². The first-order chi connectivity index (χ1) is 31.4. The standard InChI is InChI=1S/C26H29NO5.C13H18ClNO3.C13H12O2/c1-18-13-21(24(14-19(18)2)25(27-30-4)26(28)29-3)17-32-23-12-8-11-22(15-23)31-16-20-9-6-5-7-10-20;1-8-5-10(7-14)11(6-9(8)2)12(15-18-4)13(16)17-3;14-12-7-4-8-13(9-12)15-10-11-5-2-1-3-6-11/h5-12,15H,13-14,16-17H2,1-4H3;5-7H2,1-4H3;1-9,14H,10H2/b27-25+;15-12+;. The van der Waals surface area contributed by atoms with Crippen molar-refractivity contribution in [3.05, 3.63) is 165 Å². The Hall–Kier alpha value is -6.79. The molecular weight excluding hydrogens is 848 g/mol. The van der Waals surface area contributed by atoms with Crippen LogP contribution in [0, 0.1) is 0 Å². The lowest BCUT2D eigenvalue weighted by molar-refractivity contribution is -0.133. The van der Waals surface area contributed by atoms with E-state index in [4.69, 9.17) is 45.0 Å². The summed E-state index contributed by atoms with van der Waals surface area (Å²) in [5, 5.41) is 16.9. The van der Waals surface area contributed by atoms with Crippen molar-refractivity contribution in [2.75, 3.05) is 40.9 Å². The van der Waals surface area contributed by atoms with E-state index < -0.39 is 11.9 Å². The zero-order chi connectivity index (χ0) is 47.1. The summed E-state index contributed by atoms with van der Waals surface area (Å²) in [6, 6.07) is 34.3. The summed E-state index contributed by atoms with van der Waals surface area (Å²) in [4.78, 5) is 33.7. The zero-order valence-electron chi connectivity index (χ0n) is 38.4. The molecule has 2 aliphatic rings. The highest BCUT2D eigenvalue weighted by Gasteiger charge is 2.27. The van der Waals surface area contributed by atoms with Crippen molar-refractivity contribution in [1.82, 2.24) is 0 Å². The van der Waals surface area contributed by atoms with Crippen molar-refractivity contribution in [2.24, 2.45) is 10.3 Å². The number of oxime groups is 2. The van der Waals surface area contributed by atoms with Crippen LogP contribution in [0.2, 0.25) is 0 Å². The lowest BCUT2D eigenvalue weighted by atomic mass is 9.85. The van der Waals surface area contributed by atoms with Gasteiger partial charge in [0.2, 0.25) is 0 Å². The van der Waals surface area contributed by atoms with E-state index in [1.807, 2.05) is 97.9 Å². The molecule has 12 nitrogen and oxygen atoms in total. The van der Waals surface area contributed by atoms with Gasteiger partial charge in [-0.05, 0) is 111 Å². The first kappa shape index (κ1) is 50.9. The van der Waals surface area contributed by atoms with Crippen molar-refractivity contribution in [1.29, 1.82) is 0 Å². The molecule has 4 aromatic carbocycles. The Morgan fingerprint density at radius 1 is 0.523 bits per heavy atom. The fourth-order valence-corrected chi connectivity index (χ4v) is 6.95. The second-order valence-corrected chi connectivity index (χ2v) is 15.4. The SMILES string of the molecule is CO/N=C(/C(=O)OC)C1=C(CCl)CC(C)=C(C)C1.CO/N=C(/C(=O)OC)C1=C(COc2cccc(OCc3ccccc3)c2)CC(C)=C(C)C1.Oc1cccc(OCc2ccccc2)c1. The van der Waals surface area contributed by atoms with Crippen LogP contribution >= 0.6 is 11.6 Å². The molecule has 65 heavy (non-hydrogen) atoms. The van der Waals surface area contributed by atoms with Crippen LogP contribution < -0.4 is 14.2 Å². The number of rotatable bonds is 16. The van der Waals surface area contributed by atoms with Crippen LogP contribution in [0.15, 0.2) is 164 Å². The first-order valence-corrected chi connectivity index (χ1v) is 21.5. The average Bonchev–Trinajstić information content (AvgIpc) is 3.33. The van der Waals surface area contributed by atoms with E-state index in [9.17, 15) is 14.7 Å². The lowest BCUT2D eigenvalue weighted by Crippen LogP contribution is -2.24. The normalized spacial score (nSPS) is 14.0. The fourth-order valence-electron chi connectivity index (χ4n) is 6.69. The topological polar surface area (TPSA) is 144 Å². The Balaban J connectivity index is 0.000000236. The number of aromatic hydroxyl groups is 1. The molecule has 13 heteroatoms. The number of ether oxygens (including phenoxy) is 5. The Kier molecular flexibility index (Phi) is 20.9. The number of alkyl halides is 1. The molecule has 0 heterocycles. The lowest BCUT2D eigenvalue weighted by Gasteiger charge is -2.23. The van der Waals surface area contributed by atoms with E-state index >= 15 is 0 Å². The molecule has 344 valence electrons. The van der Waals surface area contributed by atoms with Gasteiger partial charge in [-0.3, -0.25) is 0 Å². The van der Waals surface area contributed by atoms with Gasteiger partial charge in [-0.25, -0.2) is 9.59 Å². The number of hydrogen-bond acceptors (Lipinski definition) is 12. The maximum absolute atomic E-state index is 12.3. The molecule has 2 aliphatic carbocycles.